The Bertz CT molecular complexity index is 561. The molecule has 0 aliphatic heterocycles. The largest absolute Gasteiger partial charge is 0.497 e. The summed E-state index contributed by atoms with van der Waals surface area (Å²) in [5, 5.41) is 2.62. The van der Waals surface area contributed by atoms with Crippen molar-refractivity contribution in [2.24, 2.45) is 5.73 Å². The van der Waals surface area contributed by atoms with Gasteiger partial charge >= 0.3 is 0 Å². The second-order valence-corrected chi connectivity index (χ2v) is 5.36. The van der Waals surface area contributed by atoms with E-state index in [0.717, 1.165) is 5.56 Å². The molecule has 1 atom stereocenters. The molecule has 0 spiro atoms. The molecule has 1 aromatic carbocycles. The predicted octanol–water partition coefficient (Wildman–Crippen LogP) is 0.643. The van der Waals surface area contributed by atoms with Gasteiger partial charge in [-0.1, -0.05) is 0 Å². The van der Waals surface area contributed by atoms with Gasteiger partial charge in [-0.15, -0.1) is 0 Å². The number of carbonyl (C=O) groups excluding carboxylic acids is 2. The summed E-state index contributed by atoms with van der Waals surface area (Å²) in [5.41, 5.74) is 4.94. The number of hydrogen-bond acceptors (Lipinski definition) is 5. The van der Waals surface area contributed by atoms with Gasteiger partial charge in [-0.25, -0.2) is 0 Å². The molecule has 0 aliphatic carbocycles. The smallest absolute Gasteiger partial charge is 0.245 e. The Kier molecular flexibility index (Phi) is 6.84. The lowest BCUT2D eigenvalue weighted by atomic mass is 10.0. The molecule has 0 radical (unpaired) electrons. The summed E-state index contributed by atoms with van der Waals surface area (Å²) in [6, 6.07) is 5.38. The van der Waals surface area contributed by atoms with Crippen LogP contribution in [0.2, 0.25) is 0 Å². The van der Waals surface area contributed by atoms with Gasteiger partial charge in [0.2, 0.25) is 11.8 Å². The van der Waals surface area contributed by atoms with Crippen molar-refractivity contribution in [3.63, 3.8) is 0 Å². The highest BCUT2D eigenvalue weighted by Crippen LogP contribution is 2.25. The topological polar surface area (TPSA) is 99.9 Å². The maximum atomic E-state index is 12.1. The molecule has 7 nitrogen and oxygen atoms in total. The molecule has 0 bridgehead atoms. The molecule has 128 valence electrons. The molecule has 1 rings (SSSR count). The summed E-state index contributed by atoms with van der Waals surface area (Å²) in [6.45, 7) is 1.54. The van der Waals surface area contributed by atoms with Crippen molar-refractivity contribution in [3.8, 4) is 11.5 Å². The number of ether oxygens (including phenoxy) is 3. The third-order valence-electron chi connectivity index (χ3n) is 3.50. The van der Waals surface area contributed by atoms with Gasteiger partial charge in [0, 0.05) is 13.5 Å². The standard InChI is InChI=1S/C16H24N2O5/c1-16(10-21-2,15(17)20)18-14(19)8-5-11-9-12(22-3)6-7-13(11)23-4/h6-7,9H,5,8,10H2,1-4H3,(H2,17,20)(H,18,19). The van der Waals surface area contributed by atoms with Crippen LogP contribution in [-0.2, 0) is 20.7 Å². The van der Waals surface area contributed by atoms with Crippen LogP contribution in [-0.4, -0.2) is 45.3 Å². The van der Waals surface area contributed by atoms with Gasteiger partial charge in [-0.05, 0) is 37.1 Å². The van der Waals surface area contributed by atoms with E-state index < -0.39 is 11.4 Å². The average Bonchev–Trinajstić information content (AvgIpc) is 2.52. The molecule has 1 unspecified atom stereocenters. The summed E-state index contributed by atoms with van der Waals surface area (Å²) in [6.07, 6.45) is 0.615. The lowest BCUT2D eigenvalue weighted by Crippen LogP contribution is -2.58. The molecule has 3 N–H and O–H groups in total. The third kappa shape index (κ3) is 5.14. The minimum absolute atomic E-state index is 0.0105. The Hall–Kier alpha value is -2.28. The molecule has 0 saturated carbocycles. The van der Waals surface area contributed by atoms with E-state index >= 15 is 0 Å². The van der Waals surface area contributed by atoms with Gasteiger partial charge in [-0.2, -0.15) is 0 Å². The fourth-order valence-electron chi connectivity index (χ4n) is 2.15. The molecule has 1 aromatic rings. The number of nitrogens with two attached hydrogens (primary N) is 1. The van der Waals surface area contributed by atoms with Crippen molar-refractivity contribution in [2.75, 3.05) is 27.9 Å². The molecular formula is C16H24N2O5. The Labute approximate surface area is 136 Å². The average molecular weight is 324 g/mol. The van der Waals surface area contributed by atoms with Gasteiger partial charge in [-0.3, -0.25) is 9.59 Å². The van der Waals surface area contributed by atoms with Gasteiger partial charge in [0.1, 0.15) is 17.0 Å². The van der Waals surface area contributed by atoms with Crippen molar-refractivity contribution in [1.82, 2.24) is 5.32 Å². The van der Waals surface area contributed by atoms with E-state index in [4.69, 9.17) is 19.9 Å². The maximum absolute atomic E-state index is 12.1. The minimum Gasteiger partial charge on any atom is -0.497 e. The van der Waals surface area contributed by atoms with Crippen molar-refractivity contribution >= 4 is 11.8 Å². The quantitative estimate of drug-likeness (QED) is 0.694. The number of aryl methyl sites for hydroxylation is 1. The first kappa shape index (κ1) is 18.8. The van der Waals surface area contributed by atoms with Crippen LogP contribution in [0.3, 0.4) is 0 Å². The maximum Gasteiger partial charge on any atom is 0.245 e. The number of benzene rings is 1. The first-order chi connectivity index (χ1) is 10.9. The third-order valence-corrected chi connectivity index (χ3v) is 3.50. The molecule has 0 heterocycles. The number of hydrogen-bond donors (Lipinski definition) is 2. The summed E-state index contributed by atoms with van der Waals surface area (Å²) in [7, 11) is 4.57. The number of nitrogens with one attached hydrogen (secondary N) is 1. The number of rotatable bonds is 9. The summed E-state index contributed by atoms with van der Waals surface area (Å²) in [4.78, 5) is 23.6. The highest BCUT2D eigenvalue weighted by atomic mass is 16.5. The number of methoxy groups -OCH3 is 3. The summed E-state index contributed by atoms with van der Waals surface area (Å²) in [5.74, 6) is 0.413. The van der Waals surface area contributed by atoms with E-state index in [9.17, 15) is 9.59 Å². The highest BCUT2D eigenvalue weighted by molar-refractivity contribution is 5.90. The Balaban J connectivity index is 2.74. The van der Waals surface area contributed by atoms with Crippen LogP contribution in [0, 0.1) is 0 Å². The predicted molar refractivity (Wildman–Crippen MR) is 85.5 cm³/mol. The second-order valence-electron chi connectivity index (χ2n) is 5.36. The fourth-order valence-corrected chi connectivity index (χ4v) is 2.15. The van der Waals surface area contributed by atoms with Crippen LogP contribution < -0.4 is 20.5 Å². The Morgan fingerprint density at radius 1 is 1.22 bits per heavy atom. The monoisotopic (exact) mass is 324 g/mol. The zero-order valence-electron chi connectivity index (χ0n) is 14.0. The van der Waals surface area contributed by atoms with Gasteiger partial charge < -0.3 is 25.3 Å². The van der Waals surface area contributed by atoms with E-state index in [0.29, 0.717) is 17.9 Å². The Morgan fingerprint density at radius 2 is 1.91 bits per heavy atom. The lowest BCUT2D eigenvalue weighted by Gasteiger charge is -2.26. The van der Waals surface area contributed by atoms with Crippen LogP contribution in [0.15, 0.2) is 18.2 Å². The van der Waals surface area contributed by atoms with Gasteiger partial charge in [0.05, 0.1) is 20.8 Å². The van der Waals surface area contributed by atoms with E-state index in [1.165, 1.54) is 14.0 Å². The van der Waals surface area contributed by atoms with Crippen molar-refractivity contribution in [1.29, 1.82) is 0 Å². The van der Waals surface area contributed by atoms with Crippen molar-refractivity contribution in [3.05, 3.63) is 23.8 Å². The van der Waals surface area contributed by atoms with Crippen molar-refractivity contribution < 1.29 is 23.8 Å². The van der Waals surface area contributed by atoms with Gasteiger partial charge in [0.25, 0.3) is 0 Å². The van der Waals surface area contributed by atoms with E-state index in [-0.39, 0.29) is 18.9 Å². The molecule has 0 fully saturated rings. The van der Waals surface area contributed by atoms with Crippen LogP contribution in [0.1, 0.15) is 18.9 Å². The molecule has 0 aromatic heterocycles. The van der Waals surface area contributed by atoms with Crippen LogP contribution in [0.5, 0.6) is 11.5 Å². The molecule has 0 aliphatic rings. The summed E-state index contributed by atoms with van der Waals surface area (Å²) >= 11 is 0. The van der Waals surface area contributed by atoms with Crippen LogP contribution >= 0.6 is 0 Å². The molecular weight excluding hydrogens is 300 g/mol. The first-order valence-electron chi connectivity index (χ1n) is 7.17. The van der Waals surface area contributed by atoms with Crippen LogP contribution in [0.25, 0.3) is 0 Å². The first-order valence-corrected chi connectivity index (χ1v) is 7.17. The van der Waals surface area contributed by atoms with E-state index in [1.807, 2.05) is 6.07 Å². The minimum atomic E-state index is -1.23. The zero-order chi connectivity index (χ0) is 17.5. The van der Waals surface area contributed by atoms with E-state index in [2.05, 4.69) is 5.32 Å². The number of carbonyl (C=O) groups is 2. The SMILES string of the molecule is COCC(C)(NC(=O)CCc1cc(OC)ccc1OC)C(N)=O. The second kappa shape index (κ2) is 8.38. The lowest BCUT2D eigenvalue weighted by molar-refractivity contribution is -0.133. The number of primary amides is 1. The normalized spacial score (nSPS) is 13.0. The van der Waals surface area contributed by atoms with Crippen molar-refractivity contribution in [2.45, 2.75) is 25.3 Å². The molecule has 7 heteroatoms. The molecule has 2 amide bonds. The van der Waals surface area contributed by atoms with E-state index in [1.54, 1.807) is 26.4 Å². The fraction of sp³-hybridized carbons (Fsp3) is 0.500. The Morgan fingerprint density at radius 3 is 2.43 bits per heavy atom. The van der Waals surface area contributed by atoms with Crippen LogP contribution in [0.4, 0.5) is 0 Å². The molecule has 0 saturated heterocycles. The molecule has 23 heavy (non-hydrogen) atoms. The number of amides is 2. The zero-order valence-corrected chi connectivity index (χ0v) is 14.0. The highest BCUT2D eigenvalue weighted by Gasteiger charge is 2.32. The summed E-state index contributed by atoms with van der Waals surface area (Å²) < 4.78 is 15.4. The van der Waals surface area contributed by atoms with Gasteiger partial charge in [0.15, 0.2) is 0 Å².